The molecular formula is C32H34ClN5O3S. The minimum absolute atomic E-state index is 0.221. The maximum Gasteiger partial charge on any atom is 0.255 e. The van der Waals surface area contributed by atoms with Crippen LogP contribution in [0.15, 0.2) is 77.1 Å². The van der Waals surface area contributed by atoms with E-state index in [1.54, 1.807) is 23.6 Å². The SMILES string of the molecule is CCCSc1nc2n(n1)C(c1ccc(OCc3cccc(Cl)c3)c(OC)c1)C(C(=O)Nc1ccc(C)cc1C)=C(C)N2. The Hall–Kier alpha value is -3.95. The Morgan fingerprint density at radius 3 is 2.67 bits per heavy atom. The summed E-state index contributed by atoms with van der Waals surface area (Å²) in [5.74, 6) is 2.38. The number of allylic oxidation sites excluding steroid dienone is 1. The van der Waals surface area contributed by atoms with Gasteiger partial charge in [-0.05, 0) is 74.2 Å². The van der Waals surface area contributed by atoms with Crippen LogP contribution in [0.25, 0.3) is 0 Å². The summed E-state index contributed by atoms with van der Waals surface area (Å²) in [6, 6.07) is 18.6. The number of ether oxygens (including phenoxy) is 2. The minimum Gasteiger partial charge on any atom is -0.493 e. The van der Waals surface area contributed by atoms with E-state index in [2.05, 4.69) is 17.6 Å². The molecular weight excluding hydrogens is 570 g/mol. The van der Waals surface area contributed by atoms with Gasteiger partial charge in [0.05, 0.1) is 12.7 Å². The lowest BCUT2D eigenvalue weighted by molar-refractivity contribution is -0.113. The van der Waals surface area contributed by atoms with Crippen molar-refractivity contribution in [3.8, 4) is 11.5 Å². The zero-order chi connectivity index (χ0) is 29.8. The summed E-state index contributed by atoms with van der Waals surface area (Å²) in [6.07, 6.45) is 1.00. The van der Waals surface area contributed by atoms with Crippen LogP contribution in [0.2, 0.25) is 5.02 Å². The summed E-state index contributed by atoms with van der Waals surface area (Å²) in [5.41, 5.74) is 5.88. The van der Waals surface area contributed by atoms with Crippen molar-refractivity contribution >= 4 is 40.9 Å². The summed E-state index contributed by atoms with van der Waals surface area (Å²) in [4.78, 5) is 18.7. The fraction of sp³-hybridized carbons (Fsp3) is 0.281. The van der Waals surface area contributed by atoms with E-state index in [-0.39, 0.29) is 5.91 Å². The molecule has 2 N–H and O–H groups in total. The van der Waals surface area contributed by atoms with Crippen LogP contribution in [0.3, 0.4) is 0 Å². The molecule has 10 heteroatoms. The van der Waals surface area contributed by atoms with Crippen LogP contribution >= 0.6 is 23.4 Å². The number of anilines is 2. The first-order chi connectivity index (χ1) is 20.3. The number of methoxy groups -OCH3 is 1. The number of aryl methyl sites for hydroxylation is 2. The van der Waals surface area contributed by atoms with E-state index < -0.39 is 6.04 Å². The number of carbonyl (C=O) groups is 1. The van der Waals surface area contributed by atoms with Crippen LogP contribution in [0.1, 0.15) is 48.6 Å². The fourth-order valence-corrected chi connectivity index (χ4v) is 5.79. The van der Waals surface area contributed by atoms with Crippen LogP contribution in [-0.4, -0.2) is 33.5 Å². The predicted octanol–water partition coefficient (Wildman–Crippen LogP) is 7.57. The summed E-state index contributed by atoms with van der Waals surface area (Å²) in [7, 11) is 1.60. The van der Waals surface area contributed by atoms with Gasteiger partial charge in [0.2, 0.25) is 11.1 Å². The summed E-state index contributed by atoms with van der Waals surface area (Å²) in [5, 5.41) is 12.6. The Kier molecular flexibility index (Phi) is 9.09. The molecule has 0 aliphatic carbocycles. The first-order valence-corrected chi connectivity index (χ1v) is 15.1. The molecule has 1 atom stereocenters. The molecule has 0 bridgehead atoms. The number of thioether (sulfide) groups is 1. The van der Waals surface area contributed by atoms with Gasteiger partial charge in [-0.15, -0.1) is 5.10 Å². The van der Waals surface area contributed by atoms with Crippen molar-refractivity contribution in [2.45, 2.75) is 51.9 Å². The fourth-order valence-electron chi connectivity index (χ4n) is 4.89. The normalized spacial score (nSPS) is 14.3. The molecule has 3 aromatic carbocycles. The Balaban J connectivity index is 1.52. The first kappa shape index (κ1) is 29.5. The Morgan fingerprint density at radius 1 is 1.10 bits per heavy atom. The van der Waals surface area contributed by atoms with E-state index >= 15 is 0 Å². The van der Waals surface area contributed by atoms with Crippen LogP contribution in [-0.2, 0) is 11.4 Å². The number of aromatic nitrogens is 3. The van der Waals surface area contributed by atoms with Gasteiger partial charge in [-0.1, -0.05) is 66.2 Å². The first-order valence-electron chi connectivity index (χ1n) is 13.8. The van der Waals surface area contributed by atoms with E-state index in [0.29, 0.717) is 45.5 Å². The minimum atomic E-state index is -0.550. The summed E-state index contributed by atoms with van der Waals surface area (Å²) >= 11 is 7.73. The number of nitrogens with zero attached hydrogens (tertiary/aromatic N) is 3. The quantitative estimate of drug-likeness (QED) is 0.181. The molecule has 1 aliphatic rings. The lowest BCUT2D eigenvalue weighted by atomic mass is 9.94. The average Bonchev–Trinajstić information content (AvgIpc) is 3.37. The molecule has 0 radical (unpaired) electrons. The van der Waals surface area contributed by atoms with Crippen molar-refractivity contribution in [2.75, 3.05) is 23.5 Å². The molecule has 8 nitrogen and oxygen atoms in total. The summed E-state index contributed by atoms with van der Waals surface area (Å²) < 4.78 is 13.6. The third kappa shape index (κ3) is 6.42. The second kappa shape index (κ2) is 12.9. The predicted molar refractivity (Wildman–Crippen MR) is 169 cm³/mol. The van der Waals surface area contributed by atoms with Crippen molar-refractivity contribution in [3.05, 3.63) is 99.2 Å². The van der Waals surface area contributed by atoms with Gasteiger partial charge in [-0.3, -0.25) is 4.79 Å². The van der Waals surface area contributed by atoms with Crippen molar-refractivity contribution in [1.82, 2.24) is 14.8 Å². The number of hydrogen-bond donors (Lipinski definition) is 2. The molecule has 5 rings (SSSR count). The molecule has 1 unspecified atom stereocenters. The second-order valence-electron chi connectivity index (χ2n) is 10.2. The van der Waals surface area contributed by atoms with Crippen molar-refractivity contribution in [1.29, 1.82) is 0 Å². The van der Waals surface area contributed by atoms with E-state index in [4.69, 9.17) is 31.2 Å². The standard InChI is InChI=1S/C32H34ClN5O3S/c1-6-14-42-32-36-31-34-21(4)28(30(39)35-25-12-10-19(2)15-20(25)3)29(38(31)37-32)23-11-13-26(27(17-23)40-5)41-18-22-8-7-9-24(33)16-22/h7-13,15-17,29H,6,14,18H2,1-5H3,(H,35,39)(H,34,36,37). The number of carbonyl (C=O) groups excluding carboxylic acids is 1. The van der Waals surface area contributed by atoms with Crippen LogP contribution in [0.5, 0.6) is 11.5 Å². The van der Waals surface area contributed by atoms with Gasteiger partial charge < -0.3 is 20.1 Å². The highest BCUT2D eigenvalue weighted by Gasteiger charge is 2.35. The second-order valence-corrected chi connectivity index (χ2v) is 11.7. The molecule has 0 saturated heterocycles. The Labute approximate surface area is 255 Å². The molecule has 1 aromatic heterocycles. The Bertz CT molecular complexity index is 1650. The third-order valence-corrected chi connectivity index (χ3v) is 8.21. The lowest BCUT2D eigenvalue weighted by Gasteiger charge is -2.29. The molecule has 4 aromatic rings. The van der Waals surface area contributed by atoms with Gasteiger partial charge in [0.15, 0.2) is 11.5 Å². The molecule has 0 fully saturated rings. The van der Waals surface area contributed by atoms with Gasteiger partial charge in [-0.2, -0.15) is 4.98 Å². The molecule has 0 spiro atoms. The lowest BCUT2D eigenvalue weighted by Crippen LogP contribution is -2.31. The largest absolute Gasteiger partial charge is 0.493 e. The van der Waals surface area contributed by atoms with E-state index in [1.807, 2.05) is 81.4 Å². The van der Waals surface area contributed by atoms with Gasteiger partial charge in [0.25, 0.3) is 5.91 Å². The molecule has 0 saturated carbocycles. The third-order valence-electron chi connectivity index (χ3n) is 6.93. The van der Waals surface area contributed by atoms with Gasteiger partial charge in [-0.25, -0.2) is 4.68 Å². The molecule has 218 valence electrons. The highest BCUT2D eigenvalue weighted by Crippen LogP contribution is 2.40. The van der Waals surface area contributed by atoms with Crippen LogP contribution < -0.4 is 20.1 Å². The number of nitrogens with one attached hydrogen (secondary N) is 2. The number of hydrogen-bond acceptors (Lipinski definition) is 7. The zero-order valence-electron chi connectivity index (χ0n) is 24.3. The van der Waals surface area contributed by atoms with Crippen molar-refractivity contribution in [2.24, 2.45) is 0 Å². The summed E-state index contributed by atoms with van der Waals surface area (Å²) in [6.45, 7) is 8.36. The van der Waals surface area contributed by atoms with E-state index in [9.17, 15) is 4.79 Å². The smallest absolute Gasteiger partial charge is 0.255 e. The zero-order valence-corrected chi connectivity index (χ0v) is 25.9. The maximum atomic E-state index is 14.0. The number of benzene rings is 3. The van der Waals surface area contributed by atoms with Crippen LogP contribution in [0.4, 0.5) is 11.6 Å². The topological polar surface area (TPSA) is 90.3 Å². The number of rotatable bonds is 10. The average molecular weight is 604 g/mol. The molecule has 2 heterocycles. The highest BCUT2D eigenvalue weighted by molar-refractivity contribution is 7.99. The van der Waals surface area contributed by atoms with Gasteiger partial charge in [0.1, 0.15) is 12.6 Å². The monoisotopic (exact) mass is 603 g/mol. The molecule has 1 amide bonds. The Morgan fingerprint density at radius 2 is 1.93 bits per heavy atom. The maximum absolute atomic E-state index is 14.0. The highest BCUT2D eigenvalue weighted by atomic mass is 35.5. The van der Waals surface area contributed by atoms with E-state index in [0.717, 1.165) is 40.1 Å². The van der Waals surface area contributed by atoms with Crippen molar-refractivity contribution in [3.63, 3.8) is 0 Å². The van der Waals surface area contributed by atoms with Crippen LogP contribution in [0, 0.1) is 13.8 Å². The van der Waals surface area contributed by atoms with Gasteiger partial charge in [0, 0.05) is 22.2 Å². The van der Waals surface area contributed by atoms with E-state index in [1.165, 1.54) is 0 Å². The number of halogens is 1. The number of fused-ring (bicyclic) bond motifs is 1. The molecule has 42 heavy (non-hydrogen) atoms. The van der Waals surface area contributed by atoms with Crippen molar-refractivity contribution < 1.29 is 14.3 Å². The molecule has 1 aliphatic heterocycles. The number of amides is 1. The van der Waals surface area contributed by atoms with Gasteiger partial charge >= 0.3 is 0 Å².